The van der Waals surface area contributed by atoms with E-state index in [1.54, 1.807) is 11.4 Å². The molecule has 25 heavy (non-hydrogen) atoms. The molecule has 134 valence electrons. The maximum absolute atomic E-state index is 12.9. The summed E-state index contributed by atoms with van der Waals surface area (Å²) in [7, 11) is -1.79. The molecule has 0 unspecified atom stereocenters. The first-order valence-corrected chi connectivity index (χ1v) is 10.0. The number of hydrogen-bond acceptors (Lipinski definition) is 3. The van der Waals surface area contributed by atoms with Crippen LogP contribution in [0.15, 0.2) is 60.7 Å². The summed E-state index contributed by atoms with van der Waals surface area (Å²) in [6.45, 7) is 3.05. The first kappa shape index (κ1) is 17.9. The standard InChI is InChI=1S/C19H25N3O2S/c1-20(17-18-9-4-2-5-10-18)25(23,24)22-14-8-13-21(15-16-22)19-11-6-3-7-12-19/h2-7,9-12H,8,13-17H2,1H3. The van der Waals surface area contributed by atoms with Gasteiger partial charge in [-0.3, -0.25) is 0 Å². The van der Waals surface area contributed by atoms with Gasteiger partial charge in [-0.25, -0.2) is 0 Å². The molecule has 1 fully saturated rings. The summed E-state index contributed by atoms with van der Waals surface area (Å²) in [5.41, 5.74) is 2.15. The van der Waals surface area contributed by atoms with Gasteiger partial charge >= 0.3 is 0 Å². The van der Waals surface area contributed by atoms with Gasteiger partial charge < -0.3 is 4.90 Å². The van der Waals surface area contributed by atoms with E-state index >= 15 is 0 Å². The van der Waals surface area contributed by atoms with Crippen molar-refractivity contribution in [1.29, 1.82) is 0 Å². The number of rotatable bonds is 5. The van der Waals surface area contributed by atoms with Crippen molar-refractivity contribution in [2.24, 2.45) is 0 Å². The second kappa shape index (κ2) is 7.99. The van der Waals surface area contributed by atoms with Crippen LogP contribution in [0.3, 0.4) is 0 Å². The van der Waals surface area contributed by atoms with Crippen molar-refractivity contribution in [2.75, 3.05) is 38.1 Å². The number of para-hydroxylation sites is 1. The quantitative estimate of drug-likeness (QED) is 0.824. The smallest absolute Gasteiger partial charge is 0.282 e. The van der Waals surface area contributed by atoms with Crippen molar-refractivity contribution in [3.63, 3.8) is 0 Å². The first-order valence-electron chi connectivity index (χ1n) is 8.63. The second-order valence-corrected chi connectivity index (χ2v) is 8.36. The molecule has 5 nitrogen and oxygen atoms in total. The summed E-state index contributed by atoms with van der Waals surface area (Å²) in [4.78, 5) is 2.26. The highest BCUT2D eigenvalue weighted by atomic mass is 32.2. The Morgan fingerprint density at radius 1 is 0.880 bits per heavy atom. The van der Waals surface area contributed by atoms with Crippen molar-refractivity contribution in [3.05, 3.63) is 66.2 Å². The molecule has 1 aliphatic rings. The SMILES string of the molecule is CN(Cc1ccccc1)S(=O)(=O)N1CCCN(c2ccccc2)CC1. The molecule has 0 amide bonds. The van der Waals surface area contributed by atoms with Gasteiger partial charge in [0.05, 0.1) is 0 Å². The Balaban J connectivity index is 1.66. The Bertz CT molecular complexity index is 766. The van der Waals surface area contributed by atoms with E-state index < -0.39 is 10.2 Å². The lowest BCUT2D eigenvalue weighted by Gasteiger charge is -2.27. The van der Waals surface area contributed by atoms with Crippen LogP contribution in [0.25, 0.3) is 0 Å². The minimum atomic E-state index is -3.45. The summed E-state index contributed by atoms with van der Waals surface area (Å²) in [6.07, 6.45) is 0.827. The minimum absolute atomic E-state index is 0.391. The molecule has 0 spiro atoms. The van der Waals surface area contributed by atoms with Crippen molar-refractivity contribution in [2.45, 2.75) is 13.0 Å². The third-order valence-corrected chi connectivity index (χ3v) is 6.48. The molecule has 1 saturated heterocycles. The monoisotopic (exact) mass is 359 g/mol. The lowest BCUT2D eigenvalue weighted by molar-refractivity contribution is 0.368. The van der Waals surface area contributed by atoms with Gasteiger partial charge in [0.25, 0.3) is 10.2 Å². The molecular weight excluding hydrogens is 334 g/mol. The number of anilines is 1. The third-order valence-electron chi connectivity index (χ3n) is 4.54. The molecule has 0 N–H and O–H groups in total. The molecule has 0 radical (unpaired) electrons. The maximum atomic E-state index is 12.9. The van der Waals surface area contributed by atoms with Crippen LogP contribution in [0.5, 0.6) is 0 Å². The molecule has 0 bridgehead atoms. The Morgan fingerprint density at radius 3 is 2.20 bits per heavy atom. The number of benzene rings is 2. The van der Waals surface area contributed by atoms with Gasteiger partial charge in [-0.15, -0.1) is 0 Å². The third kappa shape index (κ3) is 4.39. The van der Waals surface area contributed by atoms with Gasteiger partial charge in [0.1, 0.15) is 0 Å². The van der Waals surface area contributed by atoms with Crippen molar-refractivity contribution in [3.8, 4) is 0 Å². The van der Waals surface area contributed by atoms with E-state index in [2.05, 4.69) is 17.0 Å². The molecule has 2 aromatic carbocycles. The van der Waals surface area contributed by atoms with E-state index in [1.807, 2.05) is 48.5 Å². The molecular formula is C19H25N3O2S. The Hall–Kier alpha value is -1.89. The van der Waals surface area contributed by atoms with Gasteiger partial charge in [0.2, 0.25) is 0 Å². The normalized spacial score (nSPS) is 16.8. The summed E-state index contributed by atoms with van der Waals surface area (Å²) in [6, 6.07) is 19.9. The Labute approximate surface area is 150 Å². The van der Waals surface area contributed by atoms with Gasteiger partial charge in [-0.05, 0) is 24.1 Å². The summed E-state index contributed by atoms with van der Waals surface area (Å²) in [5.74, 6) is 0. The molecule has 1 aliphatic heterocycles. The van der Waals surface area contributed by atoms with Crippen LogP contribution >= 0.6 is 0 Å². The highest BCUT2D eigenvalue weighted by Gasteiger charge is 2.28. The average molecular weight is 359 g/mol. The van der Waals surface area contributed by atoms with Crippen molar-refractivity contribution in [1.82, 2.24) is 8.61 Å². The van der Waals surface area contributed by atoms with Crippen LogP contribution in [0.4, 0.5) is 5.69 Å². The van der Waals surface area contributed by atoms with E-state index in [-0.39, 0.29) is 0 Å². The van der Waals surface area contributed by atoms with Crippen molar-refractivity contribution >= 4 is 15.9 Å². The largest absolute Gasteiger partial charge is 0.370 e. The molecule has 0 saturated carbocycles. The zero-order valence-electron chi connectivity index (χ0n) is 14.6. The van der Waals surface area contributed by atoms with E-state index in [4.69, 9.17) is 0 Å². The molecule has 0 aromatic heterocycles. The average Bonchev–Trinajstić information content (AvgIpc) is 2.90. The van der Waals surface area contributed by atoms with Crippen LogP contribution in [-0.2, 0) is 16.8 Å². The van der Waals surface area contributed by atoms with Crippen LogP contribution in [0, 0.1) is 0 Å². The Morgan fingerprint density at radius 2 is 1.52 bits per heavy atom. The molecule has 0 atom stereocenters. The fraction of sp³-hybridized carbons (Fsp3) is 0.368. The van der Waals surface area contributed by atoms with E-state index in [0.29, 0.717) is 26.2 Å². The van der Waals surface area contributed by atoms with Crippen LogP contribution in [0.1, 0.15) is 12.0 Å². The minimum Gasteiger partial charge on any atom is -0.370 e. The lowest BCUT2D eigenvalue weighted by atomic mass is 10.2. The van der Waals surface area contributed by atoms with Gasteiger partial charge in [0, 0.05) is 45.5 Å². The lowest BCUT2D eigenvalue weighted by Crippen LogP contribution is -2.43. The van der Waals surface area contributed by atoms with E-state index in [9.17, 15) is 8.42 Å². The van der Waals surface area contributed by atoms with E-state index in [0.717, 1.165) is 24.2 Å². The zero-order chi connectivity index (χ0) is 17.7. The second-order valence-electron chi connectivity index (χ2n) is 6.32. The highest BCUT2D eigenvalue weighted by molar-refractivity contribution is 7.86. The fourth-order valence-corrected chi connectivity index (χ4v) is 4.52. The molecule has 3 rings (SSSR count). The number of hydrogen-bond donors (Lipinski definition) is 0. The molecule has 2 aromatic rings. The fourth-order valence-electron chi connectivity index (χ4n) is 3.14. The summed E-state index contributed by atoms with van der Waals surface area (Å²) in [5, 5.41) is 0. The van der Waals surface area contributed by atoms with Crippen LogP contribution in [0.2, 0.25) is 0 Å². The Kier molecular flexibility index (Phi) is 5.73. The molecule has 1 heterocycles. The molecule has 6 heteroatoms. The van der Waals surface area contributed by atoms with Gasteiger partial charge in [-0.1, -0.05) is 48.5 Å². The first-order chi connectivity index (χ1) is 12.1. The number of nitrogens with zero attached hydrogens (tertiary/aromatic N) is 3. The van der Waals surface area contributed by atoms with Crippen LogP contribution in [-0.4, -0.2) is 50.3 Å². The summed E-state index contributed by atoms with van der Waals surface area (Å²) >= 11 is 0. The predicted octanol–water partition coefficient (Wildman–Crippen LogP) is 2.58. The summed E-state index contributed by atoms with van der Waals surface area (Å²) < 4.78 is 28.9. The highest BCUT2D eigenvalue weighted by Crippen LogP contribution is 2.18. The van der Waals surface area contributed by atoms with Crippen LogP contribution < -0.4 is 4.90 Å². The maximum Gasteiger partial charge on any atom is 0.282 e. The topological polar surface area (TPSA) is 43.9 Å². The molecule has 0 aliphatic carbocycles. The zero-order valence-corrected chi connectivity index (χ0v) is 15.4. The van der Waals surface area contributed by atoms with Crippen molar-refractivity contribution < 1.29 is 8.42 Å². The predicted molar refractivity (Wildman–Crippen MR) is 102 cm³/mol. The van der Waals surface area contributed by atoms with E-state index in [1.165, 1.54) is 4.31 Å². The van der Waals surface area contributed by atoms with Gasteiger partial charge in [-0.2, -0.15) is 17.0 Å². The van der Waals surface area contributed by atoms with Gasteiger partial charge in [0.15, 0.2) is 0 Å².